The van der Waals surface area contributed by atoms with E-state index < -0.39 is 34.4 Å². The van der Waals surface area contributed by atoms with Gasteiger partial charge in [-0.25, -0.2) is 10.6 Å². The van der Waals surface area contributed by atoms with Crippen molar-refractivity contribution in [1.29, 1.82) is 0 Å². The van der Waals surface area contributed by atoms with Crippen LogP contribution in [0.2, 0.25) is 0 Å². The Morgan fingerprint density at radius 2 is 2.17 bits per heavy atom. The van der Waals surface area contributed by atoms with Gasteiger partial charge >= 0.3 is 16.4 Å². The highest BCUT2D eigenvalue weighted by atomic mass is 32.3. The van der Waals surface area contributed by atoms with E-state index in [9.17, 15) is 18.0 Å². The van der Waals surface area contributed by atoms with Crippen LogP contribution in [0.1, 0.15) is 12.8 Å². The van der Waals surface area contributed by atoms with Crippen molar-refractivity contribution in [3.05, 3.63) is 0 Å². The molecule has 2 rings (SSSR count). The number of carbonyl (C=O) groups excluding carboxylic acids is 2. The first-order chi connectivity index (χ1) is 8.33. The average molecular weight is 280 g/mol. The van der Waals surface area contributed by atoms with Crippen LogP contribution in [-0.2, 0) is 19.5 Å². The van der Waals surface area contributed by atoms with Gasteiger partial charge in [-0.3, -0.25) is 14.8 Å². The summed E-state index contributed by atoms with van der Waals surface area (Å²) in [7, 11) is -4.77. The number of fused-ring (bicyclic) bond motifs is 2. The molecular formula is C7H12N4O6S. The van der Waals surface area contributed by atoms with Crippen LogP contribution in [0, 0.1) is 0 Å². The minimum atomic E-state index is -4.77. The highest BCUT2D eigenvalue weighted by molar-refractivity contribution is 7.80. The van der Waals surface area contributed by atoms with Crippen molar-refractivity contribution in [3.63, 3.8) is 0 Å². The Balaban J connectivity index is 2.17. The van der Waals surface area contributed by atoms with Gasteiger partial charge in [0, 0.05) is 6.54 Å². The third-order valence-corrected chi connectivity index (χ3v) is 3.29. The van der Waals surface area contributed by atoms with E-state index in [1.807, 2.05) is 5.43 Å². The van der Waals surface area contributed by atoms with Crippen LogP contribution in [0.4, 0.5) is 4.79 Å². The molecule has 2 atom stereocenters. The summed E-state index contributed by atoms with van der Waals surface area (Å²) in [6.45, 7) is 0.145. The molecule has 2 saturated heterocycles. The molecule has 11 heteroatoms. The van der Waals surface area contributed by atoms with E-state index in [1.165, 1.54) is 0 Å². The van der Waals surface area contributed by atoms with Gasteiger partial charge in [-0.05, 0) is 12.8 Å². The molecule has 18 heavy (non-hydrogen) atoms. The zero-order valence-corrected chi connectivity index (χ0v) is 9.96. The molecule has 10 nitrogen and oxygen atoms in total. The average Bonchev–Trinajstić information content (AvgIpc) is 2.52. The van der Waals surface area contributed by atoms with E-state index in [2.05, 4.69) is 4.28 Å². The summed E-state index contributed by atoms with van der Waals surface area (Å²) >= 11 is 0. The fourth-order valence-corrected chi connectivity index (χ4v) is 2.59. The van der Waals surface area contributed by atoms with Gasteiger partial charge in [0.25, 0.3) is 5.91 Å². The molecule has 2 heterocycles. The van der Waals surface area contributed by atoms with E-state index >= 15 is 0 Å². The van der Waals surface area contributed by atoms with Crippen molar-refractivity contribution in [3.8, 4) is 0 Å². The maximum atomic E-state index is 11.8. The predicted molar refractivity (Wildman–Crippen MR) is 55.7 cm³/mol. The number of amides is 3. The number of urea groups is 1. The lowest BCUT2D eigenvalue weighted by Crippen LogP contribution is -2.51. The van der Waals surface area contributed by atoms with Gasteiger partial charge in [0.2, 0.25) is 0 Å². The van der Waals surface area contributed by atoms with E-state index in [4.69, 9.17) is 10.4 Å². The lowest BCUT2D eigenvalue weighted by molar-refractivity contribution is -0.126. The predicted octanol–water partition coefficient (Wildman–Crippen LogP) is -2.02. The van der Waals surface area contributed by atoms with Crippen LogP contribution in [0.5, 0.6) is 0 Å². The summed E-state index contributed by atoms with van der Waals surface area (Å²) in [5.41, 5.74) is 1.94. The molecule has 0 aromatic rings. The fourth-order valence-electron chi connectivity index (χ4n) is 2.20. The minimum absolute atomic E-state index is 0.145. The Hall–Kier alpha value is -1.43. The smallest absolute Gasteiger partial charge is 0.309 e. The highest BCUT2D eigenvalue weighted by Gasteiger charge is 2.49. The Kier molecular flexibility index (Phi) is 3.14. The Morgan fingerprint density at radius 1 is 1.50 bits per heavy atom. The quantitative estimate of drug-likeness (QED) is 0.234. The molecule has 0 unspecified atom stereocenters. The number of rotatable bonds is 3. The monoisotopic (exact) mass is 280 g/mol. The first-order valence-electron chi connectivity index (χ1n) is 5.11. The molecule has 0 radical (unpaired) electrons. The summed E-state index contributed by atoms with van der Waals surface area (Å²) in [5, 5.41) is 0.569. The SMILES string of the molecule is NNC(=O)[C@@H]1CC[C@@H]2CN1C(=O)N2OS(=O)(=O)O. The Morgan fingerprint density at radius 3 is 2.72 bits per heavy atom. The summed E-state index contributed by atoms with van der Waals surface area (Å²) in [6.07, 6.45) is 0.709. The second kappa shape index (κ2) is 4.35. The van der Waals surface area contributed by atoms with Gasteiger partial charge < -0.3 is 4.90 Å². The highest BCUT2D eigenvalue weighted by Crippen LogP contribution is 2.30. The van der Waals surface area contributed by atoms with Crippen molar-refractivity contribution >= 4 is 22.3 Å². The van der Waals surface area contributed by atoms with Gasteiger partial charge in [-0.1, -0.05) is 0 Å². The molecule has 2 aliphatic rings. The molecule has 0 aliphatic carbocycles. The molecule has 2 fully saturated rings. The fraction of sp³-hybridized carbons (Fsp3) is 0.714. The van der Waals surface area contributed by atoms with Crippen LogP contribution < -0.4 is 11.3 Å². The maximum Gasteiger partial charge on any atom is 0.418 e. The van der Waals surface area contributed by atoms with Crippen LogP contribution >= 0.6 is 0 Å². The number of hydroxylamine groups is 2. The molecule has 0 saturated carbocycles. The Bertz CT molecular complexity index is 478. The molecule has 4 N–H and O–H groups in total. The summed E-state index contributed by atoms with van der Waals surface area (Å²) in [4.78, 5) is 24.4. The number of hydrogen-bond donors (Lipinski definition) is 3. The van der Waals surface area contributed by atoms with Crippen LogP contribution in [0.3, 0.4) is 0 Å². The van der Waals surface area contributed by atoms with Crippen LogP contribution in [0.15, 0.2) is 0 Å². The molecule has 0 spiro atoms. The summed E-state index contributed by atoms with van der Waals surface area (Å²) in [6, 6.07) is -2.06. The maximum absolute atomic E-state index is 11.8. The van der Waals surface area contributed by atoms with Crippen molar-refractivity contribution in [2.24, 2.45) is 5.84 Å². The molecule has 2 bridgehead atoms. The van der Waals surface area contributed by atoms with Gasteiger partial charge in [-0.15, -0.1) is 4.28 Å². The number of hydrazine groups is 1. The lowest BCUT2D eigenvalue weighted by Gasteiger charge is -2.28. The number of nitrogens with zero attached hydrogens (tertiary/aromatic N) is 2. The van der Waals surface area contributed by atoms with Crippen LogP contribution in [-0.4, -0.2) is 53.5 Å². The third-order valence-electron chi connectivity index (χ3n) is 2.94. The zero-order valence-electron chi connectivity index (χ0n) is 9.14. The standard InChI is InChI=1S/C7H12N4O6S/c8-9-6(12)5-2-1-4-3-10(5)7(13)11(4)17-18(14,15)16/h4-5H,1-3,8H2,(H,9,12)(H,14,15,16)/t4-,5+/m1/s1. The van der Waals surface area contributed by atoms with Crippen molar-refractivity contribution in [2.45, 2.75) is 24.9 Å². The second-order valence-electron chi connectivity index (χ2n) is 4.02. The van der Waals surface area contributed by atoms with Gasteiger partial charge in [0.15, 0.2) is 0 Å². The van der Waals surface area contributed by atoms with Gasteiger partial charge in [0.05, 0.1) is 6.04 Å². The lowest BCUT2D eigenvalue weighted by atomic mass is 10.0. The largest absolute Gasteiger partial charge is 0.418 e. The molecule has 0 aromatic heterocycles. The molecule has 102 valence electrons. The molecule has 2 aliphatic heterocycles. The van der Waals surface area contributed by atoms with E-state index in [-0.39, 0.29) is 6.54 Å². The van der Waals surface area contributed by atoms with E-state index in [0.717, 1.165) is 4.90 Å². The number of hydrogen-bond acceptors (Lipinski definition) is 6. The molecular weight excluding hydrogens is 268 g/mol. The van der Waals surface area contributed by atoms with Gasteiger partial charge in [-0.2, -0.15) is 13.5 Å². The number of nitrogens with one attached hydrogen (secondary N) is 1. The van der Waals surface area contributed by atoms with Crippen molar-refractivity contribution < 1.29 is 26.8 Å². The van der Waals surface area contributed by atoms with E-state index in [0.29, 0.717) is 17.9 Å². The number of carbonyl (C=O) groups is 2. The second-order valence-corrected chi connectivity index (χ2v) is 5.02. The summed E-state index contributed by atoms with van der Waals surface area (Å²) < 4.78 is 34.0. The number of piperidine rings is 1. The summed E-state index contributed by atoms with van der Waals surface area (Å²) in [5.74, 6) is 4.47. The first-order valence-corrected chi connectivity index (χ1v) is 6.47. The van der Waals surface area contributed by atoms with Crippen molar-refractivity contribution in [1.82, 2.24) is 15.4 Å². The molecule has 3 amide bonds. The topological polar surface area (TPSA) is 142 Å². The van der Waals surface area contributed by atoms with Crippen LogP contribution in [0.25, 0.3) is 0 Å². The minimum Gasteiger partial charge on any atom is -0.309 e. The van der Waals surface area contributed by atoms with Gasteiger partial charge in [0.1, 0.15) is 6.04 Å². The zero-order chi connectivity index (χ0) is 13.5. The number of nitrogens with two attached hydrogens (primary N) is 1. The van der Waals surface area contributed by atoms with E-state index in [1.54, 1.807) is 0 Å². The third kappa shape index (κ3) is 2.25. The Labute approximate surface area is 103 Å². The molecule has 0 aromatic carbocycles. The van der Waals surface area contributed by atoms with Crippen molar-refractivity contribution in [2.75, 3.05) is 6.54 Å². The first kappa shape index (κ1) is 13.0. The normalized spacial score (nSPS) is 27.6.